The number of benzene rings is 2. The van der Waals surface area contributed by atoms with Crippen molar-refractivity contribution in [3.05, 3.63) is 81.0 Å². The van der Waals surface area contributed by atoms with E-state index in [2.05, 4.69) is 25.3 Å². The van der Waals surface area contributed by atoms with E-state index in [0.29, 0.717) is 43.1 Å². The van der Waals surface area contributed by atoms with Crippen molar-refractivity contribution >= 4 is 23.2 Å². The maximum Gasteiger partial charge on any atom is 0.254 e. The second-order valence-electron chi connectivity index (χ2n) is 10.2. The molecular weight excluding hydrogens is 520 g/mol. The number of hydrogen-bond donors (Lipinski definition) is 0. The minimum Gasteiger partial charge on any atom is -0.493 e. The molecule has 0 radical (unpaired) electrons. The minimum atomic E-state index is -0.0950. The molecule has 0 atom stereocenters. The number of unbranched alkanes of at least 4 members (excludes halogenated alkanes) is 2. The first kappa shape index (κ1) is 31.2. The predicted octanol–water partition coefficient (Wildman–Crippen LogP) is 6.93. The van der Waals surface area contributed by atoms with E-state index in [1.165, 1.54) is 24.0 Å². The minimum absolute atomic E-state index is 0.0498. The van der Waals surface area contributed by atoms with Crippen molar-refractivity contribution < 1.29 is 19.1 Å². The van der Waals surface area contributed by atoms with E-state index < -0.39 is 0 Å². The zero-order chi connectivity index (χ0) is 28.9. The summed E-state index contributed by atoms with van der Waals surface area (Å²) in [6.07, 6.45) is 6.02. The third-order valence-corrected chi connectivity index (χ3v) is 8.16. The van der Waals surface area contributed by atoms with Crippen LogP contribution in [0, 0.1) is 6.92 Å². The van der Waals surface area contributed by atoms with E-state index in [9.17, 15) is 9.59 Å². The lowest BCUT2D eigenvalue weighted by molar-refractivity contribution is -0.132. The van der Waals surface area contributed by atoms with Crippen LogP contribution in [0.4, 0.5) is 0 Å². The molecular formula is C33H44N2O4S. The molecule has 0 saturated heterocycles. The van der Waals surface area contributed by atoms with Gasteiger partial charge in [-0.3, -0.25) is 9.59 Å². The van der Waals surface area contributed by atoms with Gasteiger partial charge in [0.2, 0.25) is 5.91 Å². The van der Waals surface area contributed by atoms with Gasteiger partial charge in [-0.15, -0.1) is 11.3 Å². The summed E-state index contributed by atoms with van der Waals surface area (Å²) in [6.45, 7) is 7.95. The van der Waals surface area contributed by atoms with Crippen LogP contribution in [-0.4, -0.2) is 55.5 Å². The smallest absolute Gasteiger partial charge is 0.254 e. The molecule has 1 aromatic heterocycles. The third-order valence-electron chi connectivity index (χ3n) is 7.15. The summed E-state index contributed by atoms with van der Waals surface area (Å²) in [6, 6.07) is 15.8. The molecule has 216 valence electrons. The van der Waals surface area contributed by atoms with Gasteiger partial charge in [0.25, 0.3) is 5.91 Å². The molecule has 0 saturated carbocycles. The van der Waals surface area contributed by atoms with Crippen LogP contribution in [0.1, 0.15) is 71.5 Å². The summed E-state index contributed by atoms with van der Waals surface area (Å²) >= 11 is 1.66. The summed E-state index contributed by atoms with van der Waals surface area (Å²) in [7, 11) is 3.24. The maximum absolute atomic E-state index is 13.7. The maximum atomic E-state index is 13.7. The Morgan fingerprint density at radius 2 is 1.52 bits per heavy atom. The average Bonchev–Trinajstić information content (AvgIpc) is 3.38. The van der Waals surface area contributed by atoms with Gasteiger partial charge in [0.05, 0.1) is 20.8 Å². The van der Waals surface area contributed by atoms with Crippen molar-refractivity contribution in [3.8, 4) is 11.5 Å². The van der Waals surface area contributed by atoms with Crippen LogP contribution < -0.4 is 9.47 Å². The SMILES string of the molecule is CCCCCc1ccc(C(=O)N(CCC)CC(=O)N(CCc2ccc(OC)c(OC)c2)Cc2sccc2C)cc1. The molecule has 2 amide bonds. The van der Waals surface area contributed by atoms with Crippen molar-refractivity contribution in [2.75, 3.05) is 33.9 Å². The van der Waals surface area contributed by atoms with Gasteiger partial charge in [0.1, 0.15) is 6.54 Å². The molecule has 0 aliphatic heterocycles. The summed E-state index contributed by atoms with van der Waals surface area (Å²) in [5.74, 6) is 1.20. The Morgan fingerprint density at radius 3 is 2.15 bits per heavy atom. The lowest BCUT2D eigenvalue weighted by Gasteiger charge is -2.28. The summed E-state index contributed by atoms with van der Waals surface area (Å²) < 4.78 is 10.8. The van der Waals surface area contributed by atoms with E-state index in [-0.39, 0.29) is 18.4 Å². The molecule has 0 aliphatic carbocycles. The fraction of sp³-hybridized carbons (Fsp3) is 0.455. The number of aryl methyl sites for hydroxylation is 2. The van der Waals surface area contributed by atoms with Gasteiger partial charge >= 0.3 is 0 Å². The second kappa shape index (κ2) is 16.1. The van der Waals surface area contributed by atoms with E-state index in [1.54, 1.807) is 30.5 Å². The van der Waals surface area contributed by atoms with Crippen LogP contribution in [0.2, 0.25) is 0 Å². The molecule has 7 heteroatoms. The van der Waals surface area contributed by atoms with E-state index in [1.807, 2.05) is 54.3 Å². The van der Waals surface area contributed by atoms with Crippen LogP contribution in [0.15, 0.2) is 53.9 Å². The van der Waals surface area contributed by atoms with Crippen molar-refractivity contribution in [2.24, 2.45) is 0 Å². The lowest BCUT2D eigenvalue weighted by atomic mass is 10.0. The lowest BCUT2D eigenvalue weighted by Crippen LogP contribution is -2.43. The molecule has 40 heavy (non-hydrogen) atoms. The number of thiophene rings is 1. The summed E-state index contributed by atoms with van der Waals surface area (Å²) in [5.41, 5.74) is 4.11. The first-order valence-electron chi connectivity index (χ1n) is 14.3. The first-order chi connectivity index (χ1) is 19.4. The molecule has 0 bridgehead atoms. The van der Waals surface area contributed by atoms with Crippen LogP contribution in [0.25, 0.3) is 0 Å². The fourth-order valence-electron chi connectivity index (χ4n) is 4.69. The van der Waals surface area contributed by atoms with Crippen LogP contribution in [0.5, 0.6) is 11.5 Å². The third kappa shape index (κ3) is 8.85. The largest absolute Gasteiger partial charge is 0.493 e. The average molecular weight is 565 g/mol. The number of carbonyl (C=O) groups is 2. The van der Waals surface area contributed by atoms with Gasteiger partial charge in [-0.05, 0) is 85.0 Å². The highest BCUT2D eigenvalue weighted by Gasteiger charge is 2.23. The Bertz CT molecular complexity index is 1220. The number of amides is 2. The number of rotatable bonds is 16. The molecule has 0 fully saturated rings. The Kier molecular flexibility index (Phi) is 12.5. The molecule has 0 unspecified atom stereocenters. The molecule has 0 spiro atoms. The zero-order valence-electron chi connectivity index (χ0n) is 24.7. The molecule has 3 rings (SSSR count). The number of carbonyl (C=O) groups excluding carboxylic acids is 2. The summed E-state index contributed by atoms with van der Waals surface area (Å²) in [5, 5.41) is 2.06. The van der Waals surface area contributed by atoms with Crippen LogP contribution in [-0.2, 0) is 24.2 Å². The zero-order valence-corrected chi connectivity index (χ0v) is 25.5. The van der Waals surface area contributed by atoms with Gasteiger partial charge in [0.15, 0.2) is 11.5 Å². The number of ether oxygens (including phenoxy) is 2. The Balaban J connectivity index is 1.74. The monoisotopic (exact) mass is 564 g/mol. The standard InChI is InChI=1S/C33H44N2O4S/c1-6-8-9-10-26-11-14-28(15-12-26)33(37)35(19-7-2)24-32(36)34(23-31-25(3)18-21-40-31)20-17-27-13-16-29(38-4)30(22-27)39-5/h11-16,18,21-22H,6-10,17,19-20,23-24H2,1-5H3. The molecule has 6 nitrogen and oxygen atoms in total. The summed E-state index contributed by atoms with van der Waals surface area (Å²) in [4.78, 5) is 31.9. The molecule has 3 aromatic rings. The fourth-order valence-corrected chi connectivity index (χ4v) is 5.61. The van der Waals surface area contributed by atoms with Crippen LogP contribution >= 0.6 is 11.3 Å². The van der Waals surface area contributed by atoms with Crippen LogP contribution in [0.3, 0.4) is 0 Å². The highest BCUT2D eigenvalue weighted by Crippen LogP contribution is 2.28. The Labute approximate surface area is 243 Å². The van der Waals surface area contributed by atoms with Gasteiger partial charge in [-0.25, -0.2) is 0 Å². The topological polar surface area (TPSA) is 59.1 Å². The van der Waals surface area contributed by atoms with Crippen molar-refractivity contribution in [2.45, 2.75) is 65.8 Å². The number of hydrogen-bond acceptors (Lipinski definition) is 5. The number of methoxy groups -OCH3 is 2. The van der Waals surface area contributed by atoms with E-state index in [0.717, 1.165) is 29.7 Å². The Morgan fingerprint density at radius 1 is 0.800 bits per heavy atom. The number of nitrogens with zero attached hydrogens (tertiary/aromatic N) is 2. The Hall–Kier alpha value is -3.32. The second-order valence-corrected chi connectivity index (χ2v) is 11.2. The van der Waals surface area contributed by atoms with Crippen molar-refractivity contribution in [1.82, 2.24) is 9.80 Å². The van der Waals surface area contributed by atoms with E-state index in [4.69, 9.17) is 9.47 Å². The molecule has 0 aliphatic rings. The highest BCUT2D eigenvalue weighted by atomic mass is 32.1. The van der Waals surface area contributed by atoms with Gasteiger partial charge in [-0.2, -0.15) is 0 Å². The van der Waals surface area contributed by atoms with E-state index >= 15 is 0 Å². The predicted molar refractivity (Wildman–Crippen MR) is 164 cm³/mol. The molecule has 0 N–H and O–H groups in total. The van der Waals surface area contributed by atoms with Gasteiger partial charge < -0.3 is 19.3 Å². The van der Waals surface area contributed by atoms with Crippen molar-refractivity contribution in [3.63, 3.8) is 0 Å². The quantitative estimate of drug-likeness (QED) is 0.177. The molecule has 1 heterocycles. The molecule has 2 aromatic carbocycles. The highest BCUT2D eigenvalue weighted by molar-refractivity contribution is 7.10. The first-order valence-corrected chi connectivity index (χ1v) is 15.2. The normalized spacial score (nSPS) is 10.8. The van der Waals surface area contributed by atoms with Gasteiger partial charge in [-0.1, -0.05) is 44.9 Å². The van der Waals surface area contributed by atoms with Gasteiger partial charge in [0, 0.05) is 23.5 Å². The van der Waals surface area contributed by atoms with Crippen molar-refractivity contribution in [1.29, 1.82) is 0 Å².